The van der Waals surface area contributed by atoms with Crippen molar-refractivity contribution in [2.75, 3.05) is 18.4 Å². The molecule has 0 spiro atoms. The van der Waals surface area contributed by atoms with Crippen LogP contribution in [-0.4, -0.2) is 29.1 Å². The summed E-state index contributed by atoms with van der Waals surface area (Å²) in [5, 5.41) is 7.03. The molecule has 0 aromatic carbocycles. The van der Waals surface area contributed by atoms with E-state index in [-0.39, 0.29) is 0 Å². The van der Waals surface area contributed by atoms with Gasteiger partial charge in [-0.25, -0.2) is 9.97 Å². The van der Waals surface area contributed by atoms with E-state index in [2.05, 4.69) is 54.4 Å². The molecule has 2 N–H and O–H groups in total. The fourth-order valence-electron chi connectivity index (χ4n) is 2.78. The van der Waals surface area contributed by atoms with E-state index in [1.54, 1.807) is 0 Å². The highest BCUT2D eigenvalue weighted by Gasteiger charge is 2.31. The zero-order valence-corrected chi connectivity index (χ0v) is 13.5. The lowest BCUT2D eigenvalue weighted by Crippen LogP contribution is -2.50. The summed E-state index contributed by atoms with van der Waals surface area (Å²) in [4.78, 5) is 9.11. The van der Waals surface area contributed by atoms with Crippen LogP contribution in [0.2, 0.25) is 0 Å². The van der Waals surface area contributed by atoms with Gasteiger partial charge in [0.25, 0.3) is 0 Å². The summed E-state index contributed by atoms with van der Waals surface area (Å²) in [5.74, 6) is 1.19. The smallest absolute Gasteiger partial charge is 0.223 e. The molecule has 1 atom stereocenters. The minimum absolute atomic E-state index is 0.329. The maximum Gasteiger partial charge on any atom is 0.223 e. The molecule has 1 aliphatic heterocycles. The van der Waals surface area contributed by atoms with Gasteiger partial charge in [-0.3, -0.25) is 0 Å². The summed E-state index contributed by atoms with van der Waals surface area (Å²) < 4.78 is 0. The normalized spacial score (nSPS) is 22.0. The molecule has 20 heavy (non-hydrogen) atoms. The molecule has 1 aliphatic rings. The minimum Gasteiger partial charge on any atom is -0.353 e. The Bertz CT molecular complexity index is 454. The fourth-order valence-corrected chi connectivity index (χ4v) is 2.78. The van der Waals surface area contributed by atoms with Gasteiger partial charge in [0.15, 0.2) is 0 Å². The van der Waals surface area contributed by atoms with Crippen molar-refractivity contribution in [1.82, 2.24) is 15.3 Å². The van der Waals surface area contributed by atoms with Crippen molar-refractivity contribution in [3.8, 4) is 0 Å². The number of rotatable bonds is 4. The number of aryl methyl sites for hydroxylation is 1. The van der Waals surface area contributed by atoms with Crippen LogP contribution in [0.3, 0.4) is 0 Å². The van der Waals surface area contributed by atoms with Gasteiger partial charge in [0, 0.05) is 24.0 Å². The molecule has 4 nitrogen and oxygen atoms in total. The first-order valence-electron chi connectivity index (χ1n) is 7.71. The predicted octanol–water partition coefficient (Wildman–Crippen LogP) is 3.10. The average Bonchev–Trinajstić information content (AvgIpc) is 2.36. The highest BCUT2D eigenvalue weighted by atomic mass is 15.1. The lowest BCUT2D eigenvalue weighted by Gasteiger charge is -2.39. The molecule has 0 radical (unpaired) electrons. The van der Waals surface area contributed by atoms with Crippen molar-refractivity contribution in [3.63, 3.8) is 0 Å². The highest BCUT2D eigenvalue weighted by molar-refractivity contribution is 5.29. The molecule has 1 unspecified atom stereocenters. The van der Waals surface area contributed by atoms with Gasteiger partial charge in [0.05, 0.1) is 0 Å². The second-order valence-electron chi connectivity index (χ2n) is 6.89. The van der Waals surface area contributed by atoms with Gasteiger partial charge in [-0.15, -0.1) is 0 Å². The van der Waals surface area contributed by atoms with Crippen molar-refractivity contribution in [2.45, 2.75) is 59.4 Å². The van der Waals surface area contributed by atoms with Gasteiger partial charge in [-0.2, -0.15) is 0 Å². The van der Waals surface area contributed by atoms with Gasteiger partial charge >= 0.3 is 0 Å². The molecule has 2 rings (SSSR count). The Hall–Kier alpha value is -1.16. The Morgan fingerprint density at radius 3 is 2.80 bits per heavy atom. The van der Waals surface area contributed by atoms with Gasteiger partial charge in [0.1, 0.15) is 0 Å². The maximum atomic E-state index is 4.62. The van der Waals surface area contributed by atoms with E-state index in [1.807, 2.05) is 6.92 Å². The molecule has 0 aliphatic carbocycles. The largest absolute Gasteiger partial charge is 0.353 e. The molecule has 0 saturated carbocycles. The first kappa shape index (κ1) is 15.2. The number of anilines is 1. The number of nitrogens with one attached hydrogen (secondary N) is 2. The third-order valence-corrected chi connectivity index (χ3v) is 4.26. The molecule has 0 amide bonds. The summed E-state index contributed by atoms with van der Waals surface area (Å²) in [7, 11) is 0. The summed E-state index contributed by atoms with van der Waals surface area (Å²) in [6.45, 7) is 13.0. The van der Waals surface area contributed by atoms with Crippen LogP contribution in [0.1, 0.15) is 57.8 Å². The first-order valence-corrected chi connectivity index (χ1v) is 7.71. The van der Waals surface area contributed by atoms with Gasteiger partial charge < -0.3 is 10.6 Å². The summed E-state index contributed by atoms with van der Waals surface area (Å²) in [6.07, 6.45) is 2.54. The predicted molar refractivity (Wildman–Crippen MR) is 84.2 cm³/mol. The molecular formula is C16H28N4. The maximum absolute atomic E-state index is 4.62. The SMILES string of the molecule is Cc1cc(C(C)C)nc(NCC2NCCCC2(C)C)n1. The average molecular weight is 276 g/mol. The second-order valence-corrected chi connectivity index (χ2v) is 6.89. The van der Waals surface area contributed by atoms with Gasteiger partial charge in [-0.1, -0.05) is 27.7 Å². The molecule has 1 fully saturated rings. The molecule has 4 heteroatoms. The van der Waals surface area contributed by atoms with Crippen molar-refractivity contribution in [2.24, 2.45) is 5.41 Å². The fraction of sp³-hybridized carbons (Fsp3) is 0.750. The van der Waals surface area contributed by atoms with E-state index >= 15 is 0 Å². The number of hydrogen-bond donors (Lipinski definition) is 2. The number of hydrogen-bond acceptors (Lipinski definition) is 4. The summed E-state index contributed by atoms with van der Waals surface area (Å²) in [5.41, 5.74) is 2.47. The number of aromatic nitrogens is 2. The molecule has 2 heterocycles. The summed E-state index contributed by atoms with van der Waals surface area (Å²) in [6, 6.07) is 2.54. The number of nitrogens with zero attached hydrogens (tertiary/aromatic N) is 2. The van der Waals surface area contributed by atoms with Crippen LogP contribution in [0.15, 0.2) is 6.07 Å². The molecule has 1 saturated heterocycles. The first-order chi connectivity index (χ1) is 9.38. The Balaban J connectivity index is 2.03. The Labute approximate surface area is 122 Å². The second kappa shape index (κ2) is 6.08. The molecular weight excluding hydrogens is 248 g/mol. The zero-order valence-electron chi connectivity index (χ0n) is 13.5. The van der Waals surface area contributed by atoms with Crippen molar-refractivity contribution >= 4 is 5.95 Å². The Kier molecular flexibility index (Phi) is 4.63. The summed E-state index contributed by atoms with van der Waals surface area (Å²) >= 11 is 0. The molecule has 112 valence electrons. The van der Waals surface area contributed by atoms with Gasteiger partial charge in [-0.05, 0) is 43.7 Å². The lowest BCUT2D eigenvalue weighted by molar-refractivity contribution is 0.188. The van der Waals surface area contributed by atoms with E-state index in [4.69, 9.17) is 0 Å². The minimum atomic E-state index is 0.329. The van der Waals surface area contributed by atoms with Gasteiger partial charge in [0.2, 0.25) is 5.95 Å². The van der Waals surface area contributed by atoms with Crippen molar-refractivity contribution < 1.29 is 0 Å². The zero-order chi connectivity index (χ0) is 14.8. The molecule has 1 aromatic rings. The Morgan fingerprint density at radius 2 is 2.15 bits per heavy atom. The third kappa shape index (κ3) is 3.69. The van der Waals surface area contributed by atoms with E-state index in [9.17, 15) is 0 Å². The van der Waals surface area contributed by atoms with Crippen LogP contribution in [0.5, 0.6) is 0 Å². The van der Waals surface area contributed by atoms with Crippen LogP contribution in [0.25, 0.3) is 0 Å². The highest BCUT2D eigenvalue weighted by Crippen LogP contribution is 2.30. The van der Waals surface area contributed by atoms with Crippen LogP contribution in [-0.2, 0) is 0 Å². The topological polar surface area (TPSA) is 49.8 Å². The molecule has 1 aromatic heterocycles. The standard InChI is InChI=1S/C16H28N4/c1-11(2)13-9-12(3)19-15(20-13)18-10-14-16(4,5)7-6-8-17-14/h9,11,14,17H,6-8,10H2,1-5H3,(H,18,19,20). The van der Waals surface area contributed by atoms with Crippen LogP contribution in [0, 0.1) is 12.3 Å². The monoisotopic (exact) mass is 276 g/mol. The van der Waals surface area contributed by atoms with Crippen LogP contribution >= 0.6 is 0 Å². The Morgan fingerprint density at radius 1 is 1.40 bits per heavy atom. The van der Waals surface area contributed by atoms with Crippen molar-refractivity contribution in [3.05, 3.63) is 17.5 Å². The van der Waals surface area contributed by atoms with E-state index in [0.717, 1.165) is 30.4 Å². The number of piperidine rings is 1. The van der Waals surface area contributed by atoms with E-state index in [1.165, 1.54) is 12.8 Å². The lowest BCUT2D eigenvalue weighted by atomic mass is 9.77. The van der Waals surface area contributed by atoms with Crippen molar-refractivity contribution in [1.29, 1.82) is 0 Å². The third-order valence-electron chi connectivity index (χ3n) is 4.26. The molecule has 0 bridgehead atoms. The van der Waals surface area contributed by atoms with E-state index in [0.29, 0.717) is 17.4 Å². The van der Waals surface area contributed by atoms with E-state index < -0.39 is 0 Å². The quantitative estimate of drug-likeness (QED) is 0.887. The van der Waals surface area contributed by atoms with Crippen LogP contribution in [0.4, 0.5) is 5.95 Å². The van der Waals surface area contributed by atoms with Crippen LogP contribution < -0.4 is 10.6 Å².